The van der Waals surface area contributed by atoms with Crippen molar-refractivity contribution in [3.8, 4) is 0 Å². The van der Waals surface area contributed by atoms with Crippen LogP contribution >= 0.6 is 0 Å². The monoisotopic (exact) mass is 327 g/mol. The van der Waals surface area contributed by atoms with Crippen LogP contribution in [0.1, 0.15) is 40.3 Å². The van der Waals surface area contributed by atoms with Crippen molar-refractivity contribution in [1.82, 2.24) is 14.9 Å². The highest BCUT2D eigenvalue weighted by Gasteiger charge is 2.19. The molecule has 1 heterocycles. The highest BCUT2D eigenvalue weighted by molar-refractivity contribution is 5.94. The van der Waals surface area contributed by atoms with Gasteiger partial charge in [-0.25, -0.2) is 9.97 Å². The van der Waals surface area contributed by atoms with Gasteiger partial charge in [-0.15, -0.1) is 0 Å². The van der Waals surface area contributed by atoms with Crippen molar-refractivity contribution < 1.29 is 14.7 Å². The van der Waals surface area contributed by atoms with Gasteiger partial charge in [-0.3, -0.25) is 9.59 Å². The van der Waals surface area contributed by atoms with E-state index >= 15 is 0 Å². The molecule has 1 N–H and O–H groups in total. The summed E-state index contributed by atoms with van der Waals surface area (Å²) < 4.78 is 0. The number of carbonyl (C=O) groups excluding carboxylic acids is 1. The van der Waals surface area contributed by atoms with Crippen molar-refractivity contribution in [2.24, 2.45) is 0 Å². The third-order valence-corrected chi connectivity index (χ3v) is 3.65. The summed E-state index contributed by atoms with van der Waals surface area (Å²) in [6.45, 7) is 4.34. The van der Waals surface area contributed by atoms with Gasteiger partial charge in [0.15, 0.2) is 0 Å². The van der Waals surface area contributed by atoms with Gasteiger partial charge in [-0.1, -0.05) is 30.3 Å². The normalized spacial score (nSPS) is 10.4. The van der Waals surface area contributed by atoms with Crippen LogP contribution in [0.4, 0.5) is 0 Å². The Kier molecular flexibility index (Phi) is 6.01. The van der Waals surface area contributed by atoms with Gasteiger partial charge in [0, 0.05) is 25.7 Å². The maximum Gasteiger partial charge on any atom is 0.303 e. The van der Waals surface area contributed by atoms with Crippen LogP contribution in [0, 0.1) is 13.8 Å². The van der Waals surface area contributed by atoms with E-state index in [-0.39, 0.29) is 12.3 Å². The number of aromatic nitrogens is 2. The highest BCUT2D eigenvalue weighted by Crippen LogP contribution is 2.13. The van der Waals surface area contributed by atoms with Gasteiger partial charge in [0.05, 0.1) is 11.3 Å². The number of hydrogen-bond donors (Lipinski definition) is 1. The summed E-state index contributed by atoms with van der Waals surface area (Å²) in [6.07, 6.45) is 1.97. The number of carbonyl (C=O) groups is 2. The highest BCUT2D eigenvalue weighted by atomic mass is 16.4. The predicted octanol–water partition coefficient (Wildman–Crippen LogP) is 2.60. The quantitative estimate of drug-likeness (QED) is 0.845. The van der Waals surface area contributed by atoms with Crippen LogP contribution in [-0.2, 0) is 11.3 Å². The summed E-state index contributed by atoms with van der Waals surface area (Å²) in [6, 6.07) is 9.62. The number of benzene rings is 1. The third-order valence-electron chi connectivity index (χ3n) is 3.65. The van der Waals surface area contributed by atoms with Crippen molar-refractivity contribution >= 4 is 11.9 Å². The summed E-state index contributed by atoms with van der Waals surface area (Å²) in [7, 11) is 0. The fraction of sp³-hybridized carbons (Fsp3) is 0.333. The number of nitrogens with zero attached hydrogens (tertiary/aromatic N) is 3. The van der Waals surface area contributed by atoms with Crippen LogP contribution in [0.15, 0.2) is 36.5 Å². The van der Waals surface area contributed by atoms with E-state index in [0.29, 0.717) is 36.6 Å². The summed E-state index contributed by atoms with van der Waals surface area (Å²) in [5.74, 6) is -0.428. The first-order chi connectivity index (χ1) is 11.5. The zero-order valence-corrected chi connectivity index (χ0v) is 13.9. The number of aliphatic carboxylic acids is 1. The van der Waals surface area contributed by atoms with Crippen molar-refractivity contribution in [2.75, 3.05) is 6.54 Å². The minimum absolute atomic E-state index is 0.0297. The Morgan fingerprint density at radius 1 is 1.17 bits per heavy atom. The second-order valence-corrected chi connectivity index (χ2v) is 5.63. The fourth-order valence-electron chi connectivity index (χ4n) is 2.44. The molecule has 0 saturated heterocycles. The molecule has 0 bridgehead atoms. The first-order valence-corrected chi connectivity index (χ1v) is 7.82. The molecule has 0 aliphatic carbocycles. The first-order valence-electron chi connectivity index (χ1n) is 7.82. The standard InChI is InChI=1S/C18H21N3O3/c1-13-16(11-19-14(2)20-13)18(24)21(10-6-9-17(22)23)12-15-7-4-3-5-8-15/h3-5,7-8,11H,6,9-10,12H2,1-2H3,(H,22,23). The molecule has 1 aromatic carbocycles. The van der Waals surface area contributed by atoms with Crippen LogP contribution in [0.5, 0.6) is 0 Å². The molecule has 126 valence electrons. The molecule has 24 heavy (non-hydrogen) atoms. The first kappa shape index (κ1) is 17.6. The molecule has 0 aliphatic rings. The third kappa shape index (κ3) is 4.87. The van der Waals surface area contributed by atoms with E-state index < -0.39 is 5.97 Å². The number of rotatable bonds is 7. The second-order valence-electron chi connectivity index (χ2n) is 5.63. The molecule has 0 radical (unpaired) electrons. The van der Waals surface area contributed by atoms with Crippen LogP contribution in [0.2, 0.25) is 0 Å². The van der Waals surface area contributed by atoms with E-state index in [1.54, 1.807) is 18.7 Å². The van der Waals surface area contributed by atoms with Gasteiger partial charge in [-0.2, -0.15) is 0 Å². The Morgan fingerprint density at radius 2 is 1.88 bits per heavy atom. The Hall–Kier alpha value is -2.76. The Bertz CT molecular complexity index is 717. The van der Waals surface area contributed by atoms with Crippen molar-refractivity contribution in [3.63, 3.8) is 0 Å². The van der Waals surface area contributed by atoms with Crippen LogP contribution in [0.3, 0.4) is 0 Å². The Balaban J connectivity index is 2.19. The van der Waals surface area contributed by atoms with Gasteiger partial charge in [0.25, 0.3) is 5.91 Å². The van der Waals surface area contributed by atoms with E-state index in [1.807, 2.05) is 30.3 Å². The van der Waals surface area contributed by atoms with Gasteiger partial charge in [-0.05, 0) is 25.8 Å². The van der Waals surface area contributed by atoms with Crippen molar-refractivity contribution in [2.45, 2.75) is 33.2 Å². The predicted molar refractivity (Wildman–Crippen MR) is 89.6 cm³/mol. The molecule has 0 saturated carbocycles. The summed E-state index contributed by atoms with van der Waals surface area (Å²) in [4.78, 5) is 33.6. The summed E-state index contributed by atoms with van der Waals surface area (Å²) >= 11 is 0. The second kappa shape index (κ2) is 8.19. The number of carboxylic acid groups (broad SMARTS) is 1. The molecule has 0 unspecified atom stereocenters. The zero-order chi connectivity index (χ0) is 17.5. The number of aryl methyl sites for hydroxylation is 2. The van der Waals surface area contributed by atoms with Crippen LogP contribution in [0.25, 0.3) is 0 Å². The smallest absolute Gasteiger partial charge is 0.303 e. The molecule has 1 amide bonds. The van der Waals surface area contributed by atoms with Crippen molar-refractivity contribution in [3.05, 3.63) is 59.2 Å². The van der Waals surface area contributed by atoms with Gasteiger partial charge >= 0.3 is 5.97 Å². The molecule has 0 spiro atoms. The van der Waals surface area contributed by atoms with Crippen LogP contribution < -0.4 is 0 Å². The maximum atomic E-state index is 12.9. The van der Waals surface area contributed by atoms with Crippen LogP contribution in [-0.4, -0.2) is 38.4 Å². The molecule has 0 atom stereocenters. The molecular formula is C18H21N3O3. The fourth-order valence-corrected chi connectivity index (χ4v) is 2.44. The van der Waals surface area contributed by atoms with E-state index in [2.05, 4.69) is 9.97 Å². The average Bonchev–Trinajstić information content (AvgIpc) is 2.54. The number of amides is 1. The minimum Gasteiger partial charge on any atom is -0.481 e. The molecule has 2 rings (SSSR count). The molecule has 0 fully saturated rings. The molecule has 1 aromatic heterocycles. The zero-order valence-electron chi connectivity index (χ0n) is 13.9. The molecule has 2 aromatic rings. The van der Waals surface area contributed by atoms with E-state index in [0.717, 1.165) is 5.56 Å². The lowest BCUT2D eigenvalue weighted by atomic mass is 10.1. The maximum absolute atomic E-state index is 12.9. The van der Waals surface area contributed by atoms with Gasteiger partial charge in [0.2, 0.25) is 0 Å². The minimum atomic E-state index is -0.864. The van der Waals surface area contributed by atoms with E-state index in [4.69, 9.17) is 5.11 Å². The SMILES string of the molecule is Cc1ncc(C(=O)N(CCCC(=O)O)Cc2ccccc2)c(C)n1. The number of carboxylic acids is 1. The summed E-state index contributed by atoms with van der Waals surface area (Å²) in [5, 5.41) is 8.82. The number of hydrogen-bond acceptors (Lipinski definition) is 4. The lowest BCUT2D eigenvalue weighted by Crippen LogP contribution is -2.32. The topological polar surface area (TPSA) is 83.4 Å². The Morgan fingerprint density at radius 3 is 2.50 bits per heavy atom. The average molecular weight is 327 g/mol. The summed E-state index contributed by atoms with van der Waals surface area (Å²) in [5.41, 5.74) is 2.07. The lowest BCUT2D eigenvalue weighted by Gasteiger charge is -2.23. The largest absolute Gasteiger partial charge is 0.481 e. The van der Waals surface area contributed by atoms with Gasteiger partial charge in [0.1, 0.15) is 5.82 Å². The van der Waals surface area contributed by atoms with E-state index in [9.17, 15) is 9.59 Å². The Labute approximate surface area is 141 Å². The van der Waals surface area contributed by atoms with Crippen molar-refractivity contribution in [1.29, 1.82) is 0 Å². The molecule has 0 aliphatic heterocycles. The van der Waals surface area contributed by atoms with Gasteiger partial charge < -0.3 is 10.0 Å². The molecular weight excluding hydrogens is 306 g/mol. The molecule has 6 nitrogen and oxygen atoms in total. The molecule has 6 heteroatoms. The lowest BCUT2D eigenvalue weighted by molar-refractivity contribution is -0.137. The van der Waals surface area contributed by atoms with E-state index in [1.165, 1.54) is 6.20 Å².